The molecule has 0 aliphatic carbocycles. The molecule has 7 heteroatoms. The molecule has 1 atom stereocenters. The SMILES string of the molecule is Cc1cccc([C@@H](C)NS(=O)(=O)c2c[nH]c(C(=O)O)c2)c1. The molecule has 0 aliphatic heterocycles. The van der Waals surface area contributed by atoms with Crippen LogP contribution < -0.4 is 4.72 Å². The first kappa shape index (κ1) is 15.3. The number of aryl methyl sites for hydroxylation is 1. The number of rotatable bonds is 5. The topological polar surface area (TPSA) is 99.3 Å². The molecule has 0 saturated heterocycles. The van der Waals surface area contributed by atoms with Gasteiger partial charge in [-0.3, -0.25) is 0 Å². The van der Waals surface area contributed by atoms with Gasteiger partial charge in [0, 0.05) is 12.2 Å². The summed E-state index contributed by atoms with van der Waals surface area (Å²) in [4.78, 5) is 13.1. The van der Waals surface area contributed by atoms with Crippen LogP contribution in [0.1, 0.15) is 34.6 Å². The Morgan fingerprint density at radius 3 is 2.62 bits per heavy atom. The van der Waals surface area contributed by atoms with Crippen LogP contribution in [0, 0.1) is 6.92 Å². The van der Waals surface area contributed by atoms with Crippen LogP contribution in [0.25, 0.3) is 0 Å². The van der Waals surface area contributed by atoms with E-state index in [1.807, 2.05) is 31.2 Å². The number of hydrogen-bond donors (Lipinski definition) is 3. The second-order valence-electron chi connectivity index (χ2n) is 4.81. The van der Waals surface area contributed by atoms with E-state index in [4.69, 9.17) is 5.11 Å². The number of sulfonamides is 1. The van der Waals surface area contributed by atoms with Crippen molar-refractivity contribution in [3.63, 3.8) is 0 Å². The Labute approximate surface area is 122 Å². The first-order chi connectivity index (χ1) is 9.79. The lowest BCUT2D eigenvalue weighted by molar-refractivity contribution is 0.0691. The number of benzene rings is 1. The van der Waals surface area contributed by atoms with Gasteiger partial charge in [-0.25, -0.2) is 17.9 Å². The third-order valence-corrected chi connectivity index (χ3v) is 4.59. The molecule has 0 saturated carbocycles. The normalized spacial score (nSPS) is 13.0. The molecule has 3 N–H and O–H groups in total. The fourth-order valence-electron chi connectivity index (χ4n) is 1.96. The molecule has 1 aromatic heterocycles. The van der Waals surface area contributed by atoms with Gasteiger partial charge in [0.05, 0.1) is 0 Å². The molecular formula is C14H16N2O4S. The number of nitrogens with one attached hydrogen (secondary N) is 2. The molecule has 0 bridgehead atoms. The predicted octanol–water partition coefficient (Wildman–Crippen LogP) is 2.06. The Morgan fingerprint density at radius 2 is 2.05 bits per heavy atom. The van der Waals surface area contributed by atoms with Crippen LogP contribution in [0.2, 0.25) is 0 Å². The molecule has 0 amide bonds. The van der Waals surface area contributed by atoms with E-state index in [9.17, 15) is 13.2 Å². The minimum atomic E-state index is -3.78. The molecule has 2 rings (SSSR count). The Morgan fingerprint density at radius 1 is 1.33 bits per heavy atom. The van der Waals surface area contributed by atoms with Gasteiger partial charge in [-0.2, -0.15) is 0 Å². The van der Waals surface area contributed by atoms with E-state index in [1.165, 1.54) is 0 Å². The minimum absolute atomic E-state index is 0.0978. The highest BCUT2D eigenvalue weighted by Gasteiger charge is 2.21. The van der Waals surface area contributed by atoms with E-state index in [0.717, 1.165) is 23.4 Å². The van der Waals surface area contributed by atoms with Gasteiger partial charge in [0.2, 0.25) is 10.0 Å². The minimum Gasteiger partial charge on any atom is -0.477 e. The van der Waals surface area contributed by atoms with Crippen LogP contribution in [0.15, 0.2) is 41.4 Å². The summed E-state index contributed by atoms with van der Waals surface area (Å²) in [6, 6.07) is 8.18. The fraction of sp³-hybridized carbons (Fsp3) is 0.214. The smallest absolute Gasteiger partial charge is 0.352 e. The molecule has 0 fully saturated rings. The van der Waals surface area contributed by atoms with Gasteiger partial charge in [0.15, 0.2) is 0 Å². The number of carboxylic acids is 1. The van der Waals surface area contributed by atoms with Crippen molar-refractivity contribution in [2.75, 3.05) is 0 Å². The zero-order valence-electron chi connectivity index (χ0n) is 11.6. The molecule has 0 unspecified atom stereocenters. The maximum Gasteiger partial charge on any atom is 0.352 e. The zero-order valence-corrected chi connectivity index (χ0v) is 12.4. The first-order valence-electron chi connectivity index (χ1n) is 6.30. The third kappa shape index (κ3) is 3.50. The van der Waals surface area contributed by atoms with Crippen molar-refractivity contribution in [2.24, 2.45) is 0 Å². The van der Waals surface area contributed by atoms with E-state index in [0.29, 0.717) is 0 Å². The van der Waals surface area contributed by atoms with E-state index in [2.05, 4.69) is 9.71 Å². The summed E-state index contributed by atoms with van der Waals surface area (Å²) in [6.45, 7) is 3.66. The third-order valence-electron chi connectivity index (χ3n) is 3.07. The van der Waals surface area contributed by atoms with Crippen LogP contribution >= 0.6 is 0 Å². The number of aromatic carboxylic acids is 1. The molecule has 0 radical (unpaired) electrons. The number of carbonyl (C=O) groups is 1. The number of carboxylic acid groups (broad SMARTS) is 1. The summed E-state index contributed by atoms with van der Waals surface area (Å²) in [5.41, 5.74) is 1.71. The predicted molar refractivity (Wildman–Crippen MR) is 77.7 cm³/mol. The molecule has 1 heterocycles. The van der Waals surface area contributed by atoms with E-state index in [-0.39, 0.29) is 10.6 Å². The molecule has 0 spiro atoms. The van der Waals surface area contributed by atoms with Crippen molar-refractivity contribution in [1.29, 1.82) is 0 Å². The van der Waals surface area contributed by atoms with Gasteiger partial charge < -0.3 is 10.1 Å². The van der Waals surface area contributed by atoms with Gasteiger partial charge in [0.25, 0.3) is 0 Å². The number of hydrogen-bond acceptors (Lipinski definition) is 3. The van der Waals surface area contributed by atoms with E-state index in [1.54, 1.807) is 6.92 Å². The summed E-state index contributed by atoms with van der Waals surface area (Å²) >= 11 is 0. The van der Waals surface area contributed by atoms with Crippen molar-refractivity contribution in [3.8, 4) is 0 Å². The van der Waals surface area contributed by atoms with Crippen molar-refractivity contribution in [1.82, 2.24) is 9.71 Å². The highest BCUT2D eigenvalue weighted by atomic mass is 32.2. The molecule has 1 aromatic carbocycles. The average Bonchev–Trinajstić information content (AvgIpc) is 2.88. The zero-order chi connectivity index (χ0) is 15.6. The van der Waals surface area contributed by atoms with Crippen LogP contribution in [-0.2, 0) is 10.0 Å². The summed E-state index contributed by atoms with van der Waals surface area (Å²) in [6.07, 6.45) is 1.16. The van der Waals surface area contributed by atoms with Crippen LogP contribution in [0.5, 0.6) is 0 Å². The highest BCUT2D eigenvalue weighted by molar-refractivity contribution is 7.89. The monoisotopic (exact) mass is 308 g/mol. The van der Waals surface area contributed by atoms with Gasteiger partial charge in [-0.05, 0) is 25.5 Å². The molecule has 21 heavy (non-hydrogen) atoms. The number of aromatic nitrogens is 1. The maximum absolute atomic E-state index is 12.2. The summed E-state index contributed by atoms with van der Waals surface area (Å²) < 4.78 is 27.0. The standard InChI is InChI=1S/C14H16N2O4S/c1-9-4-3-5-11(6-9)10(2)16-21(19,20)12-7-13(14(17)18)15-8-12/h3-8,10,15-16H,1-2H3,(H,17,18)/t10-/m1/s1. The molecule has 2 aromatic rings. The van der Waals surface area contributed by atoms with Crippen molar-refractivity contribution in [3.05, 3.63) is 53.3 Å². The van der Waals surface area contributed by atoms with Crippen molar-refractivity contribution < 1.29 is 18.3 Å². The second kappa shape index (κ2) is 5.71. The molecule has 6 nitrogen and oxygen atoms in total. The molecule has 0 aliphatic rings. The first-order valence-corrected chi connectivity index (χ1v) is 7.78. The second-order valence-corrected chi connectivity index (χ2v) is 6.53. The Kier molecular flexibility index (Phi) is 4.15. The average molecular weight is 308 g/mol. The fourth-order valence-corrected chi connectivity index (χ4v) is 3.19. The summed E-state index contributed by atoms with van der Waals surface area (Å²) in [5.74, 6) is -1.21. The molecule has 112 valence electrons. The van der Waals surface area contributed by atoms with Crippen LogP contribution in [0.4, 0.5) is 0 Å². The van der Waals surface area contributed by atoms with Gasteiger partial charge >= 0.3 is 5.97 Å². The lowest BCUT2D eigenvalue weighted by Crippen LogP contribution is -2.26. The summed E-state index contributed by atoms with van der Waals surface area (Å²) in [5, 5.41) is 8.81. The molecular weight excluding hydrogens is 292 g/mol. The van der Waals surface area contributed by atoms with E-state index >= 15 is 0 Å². The Balaban J connectivity index is 2.22. The van der Waals surface area contributed by atoms with E-state index < -0.39 is 22.0 Å². The van der Waals surface area contributed by atoms with Crippen molar-refractivity contribution in [2.45, 2.75) is 24.8 Å². The van der Waals surface area contributed by atoms with Crippen LogP contribution in [0.3, 0.4) is 0 Å². The van der Waals surface area contributed by atoms with Gasteiger partial charge in [-0.1, -0.05) is 29.8 Å². The summed E-state index contributed by atoms with van der Waals surface area (Å²) in [7, 11) is -3.78. The largest absolute Gasteiger partial charge is 0.477 e. The quantitative estimate of drug-likeness (QED) is 0.787. The Bertz CT molecular complexity index is 765. The lowest BCUT2D eigenvalue weighted by atomic mass is 10.1. The van der Waals surface area contributed by atoms with Gasteiger partial charge in [-0.15, -0.1) is 0 Å². The van der Waals surface area contributed by atoms with Crippen molar-refractivity contribution >= 4 is 16.0 Å². The maximum atomic E-state index is 12.2. The van der Waals surface area contributed by atoms with Crippen LogP contribution in [-0.4, -0.2) is 24.5 Å². The Hall–Kier alpha value is -2.12. The van der Waals surface area contributed by atoms with Gasteiger partial charge in [0.1, 0.15) is 10.6 Å². The highest BCUT2D eigenvalue weighted by Crippen LogP contribution is 2.18. The lowest BCUT2D eigenvalue weighted by Gasteiger charge is -2.14. The number of H-pyrrole nitrogens is 1. The number of aromatic amines is 1.